The van der Waals surface area contributed by atoms with Crippen molar-refractivity contribution in [1.29, 1.82) is 0 Å². The number of phenolic OH excluding ortho intramolecular Hbond substituents is 1. The van der Waals surface area contributed by atoms with Crippen LogP contribution in [0, 0.1) is 20.2 Å². The Bertz CT molecular complexity index is 2360. The van der Waals surface area contributed by atoms with Crippen molar-refractivity contribution in [2.24, 2.45) is 0 Å². The third-order valence-electron chi connectivity index (χ3n) is 7.56. The van der Waals surface area contributed by atoms with Gasteiger partial charge in [0.15, 0.2) is 0 Å². The van der Waals surface area contributed by atoms with Gasteiger partial charge < -0.3 is 5.11 Å². The Labute approximate surface area is 271 Å². The molecule has 0 aliphatic carbocycles. The van der Waals surface area contributed by atoms with E-state index in [1.807, 2.05) is 0 Å². The molecule has 0 saturated carbocycles. The second kappa shape index (κ2) is 11.5. The van der Waals surface area contributed by atoms with E-state index in [0.29, 0.717) is 0 Å². The van der Waals surface area contributed by atoms with Crippen LogP contribution < -0.4 is 4.90 Å². The fraction of sp³-hybridized carbons (Fsp3) is 0. The minimum Gasteiger partial charge on any atom is -0.508 e. The van der Waals surface area contributed by atoms with Crippen LogP contribution in [0.3, 0.4) is 0 Å². The van der Waals surface area contributed by atoms with Gasteiger partial charge in [-0.15, -0.1) is 0 Å². The largest absolute Gasteiger partial charge is 0.508 e. The van der Waals surface area contributed by atoms with E-state index in [4.69, 9.17) is 0 Å². The van der Waals surface area contributed by atoms with E-state index in [1.54, 1.807) is 0 Å². The predicted octanol–water partition coefficient (Wildman–Crippen LogP) is 5.34. The van der Waals surface area contributed by atoms with Crippen LogP contribution in [0.25, 0.3) is 11.1 Å². The number of anilines is 1. The molecule has 0 saturated heterocycles. The summed E-state index contributed by atoms with van der Waals surface area (Å²) in [5.41, 5.74) is -0.295. The molecule has 2 bridgehead atoms. The molecule has 14 nitrogen and oxygen atoms in total. The van der Waals surface area contributed by atoms with Gasteiger partial charge in [0.25, 0.3) is 23.2 Å². The molecule has 6 rings (SSSR count). The van der Waals surface area contributed by atoms with Crippen LogP contribution in [-0.4, -0.2) is 43.6 Å². The lowest BCUT2D eigenvalue weighted by molar-refractivity contribution is -0.385. The number of carbonyl (C=O) groups is 2. The average Bonchev–Trinajstić information content (AvgIpc) is 3.07. The highest BCUT2D eigenvalue weighted by molar-refractivity contribution is 7.91. The van der Waals surface area contributed by atoms with Crippen molar-refractivity contribution in [3.05, 3.63) is 141 Å². The smallest absolute Gasteiger partial charge is 0.269 e. The summed E-state index contributed by atoms with van der Waals surface area (Å²) in [5, 5.41) is 32.1. The Kier molecular flexibility index (Phi) is 7.61. The molecule has 5 aromatic carbocycles. The van der Waals surface area contributed by atoms with Gasteiger partial charge in [0.1, 0.15) is 5.75 Å². The normalized spacial score (nSPS) is 13.0. The van der Waals surface area contributed by atoms with Gasteiger partial charge >= 0.3 is 0 Å². The van der Waals surface area contributed by atoms with E-state index in [1.165, 1.54) is 48.5 Å². The number of fused-ring (bicyclic) bond motifs is 2. The highest BCUT2D eigenvalue weighted by Crippen LogP contribution is 2.39. The number of phenols is 1. The van der Waals surface area contributed by atoms with E-state index < -0.39 is 41.3 Å². The number of hydrogen-bond acceptors (Lipinski definition) is 11. The molecule has 0 atom stereocenters. The molecule has 5 aromatic rings. The number of aromatic hydroxyl groups is 1. The van der Waals surface area contributed by atoms with Crippen LogP contribution in [0.15, 0.2) is 129 Å². The van der Waals surface area contributed by atoms with E-state index in [2.05, 4.69) is 0 Å². The fourth-order valence-electron chi connectivity index (χ4n) is 5.18. The fourth-order valence-corrected chi connectivity index (χ4v) is 7.71. The van der Waals surface area contributed by atoms with Gasteiger partial charge in [-0.05, 0) is 78.4 Å². The first-order chi connectivity index (χ1) is 22.7. The third-order valence-corrected chi connectivity index (χ3v) is 11.1. The summed E-state index contributed by atoms with van der Waals surface area (Å²) in [5.74, 6) is -2.05. The number of nitro groups is 2. The Hall–Kier alpha value is -6.26. The number of hydrogen-bond donors (Lipinski definition) is 1. The maximum absolute atomic E-state index is 13.7. The van der Waals surface area contributed by atoms with E-state index >= 15 is 0 Å². The monoisotopic (exact) mass is 685 g/mol. The summed E-state index contributed by atoms with van der Waals surface area (Å²) in [6, 6.07) is 21.1. The lowest BCUT2D eigenvalue weighted by Gasteiger charge is -2.29. The van der Waals surface area contributed by atoms with E-state index in [-0.39, 0.29) is 64.6 Å². The number of nitrogens with zero attached hydrogens (tertiary/aromatic N) is 3. The Morgan fingerprint density at radius 1 is 0.542 bits per heavy atom. The van der Waals surface area contributed by atoms with E-state index in [9.17, 15) is 51.8 Å². The molecule has 2 amide bonds. The van der Waals surface area contributed by atoms with Crippen molar-refractivity contribution in [2.75, 3.05) is 4.90 Å². The van der Waals surface area contributed by atoms with Crippen molar-refractivity contribution < 1.29 is 41.4 Å². The number of non-ortho nitro benzene ring substituents is 2. The molecule has 1 aliphatic rings. The zero-order valence-corrected chi connectivity index (χ0v) is 25.7. The SMILES string of the molecule is O=C1c2cc(O)cc(c2-c2ccc(S(=O)(=O)c3ccc([N+](=O)[O-])cc3)cc2)C(=O)N1c1ccc(S(=O)(=O)c2ccc([N+](=O)[O-])cc2)cc1. The molecule has 1 aliphatic heterocycles. The van der Waals surface area contributed by atoms with Crippen molar-refractivity contribution in [3.63, 3.8) is 0 Å². The van der Waals surface area contributed by atoms with Crippen LogP contribution in [0.2, 0.25) is 0 Å². The number of sulfone groups is 2. The molecule has 1 N–H and O–H groups in total. The molecular formula is C32H19N3O11S2. The lowest BCUT2D eigenvalue weighted by Crippen LogP contribution is -2.41. The highest BCUT2D eigenvalue weighted by atomic mass is 32.2. The van der Waals surface area contributed by atoms with Crippen molar-refractivity contribution in [3.8, 4) is 16.9 Å². The predicted molar refractivity (Wildman–Crippen MR) is 168 cm³/mol. The molecule has 240 valence electrons. The number of benzene rings is 5. The quantitative estimate of drug-likeness (QED) is 0.125. The second-order valence-electron chi connectivity index (χ2n) is 10.4. The first kappa shape index (κ1) is 31.7. The maximum atomic E-state index is 13.7. The number of imide groups is 1. The number of amides is 2. The first-order valence-electron chi connectivity index (χ1n) is 13.7. The van der Waals surface area contributed by atoms with Crippen molar-refractivity contribution in [2.45, 2.75) is 19.6 Å². The van der Waals surface area contributed by atoms with Crippen LogP contribution in [0.4, 0.5) is 17.1 Å². The van der Waals surface area contributed by atoms with Gasteiger partial charge in [0.05, 0.1) is 46.2 Å². The summed E-state index contributed by atoms with van der Waals surface area (Å²) in [7, 11) is -8.18. The summed E-state index contributed by atoms with van der Waals surface area (Å²) < 4.78 is 52.5. The Morgan fingerprint density at radius 3 is 1.23 bits per heavy atom. The minimum absolute atomic E-state index is 0.0226. The van der Waals surface area contributed by atoms with E-state index in [0.717, 1.165) is 65.6 Å². The molecule has 48 heavy (non-hydrogen) atoms. The summed E-state index contributed by atoms with van der Waals surface area (Å²) >= 11 is 0. The van der Waals surface area contributed by atoms with Gasteiger partial charge in [-0.2, -0.15) is 0 Å². The van der Waals surface area contributed by atoms with Gasteiger partial charge in [0, 0.05) is 29.8 Å². The van der Waals surface area contributed by atoms with Crippen LogP contribution >= 0.6 is 0 Å². The lowest BCUT2D eigenvalue weighted by atomic mass is 9.89. The molecule has 0 aromatic heterocycles. The van der Waals surface area contributed by atoms with Gasteiger partial charge in [0.2, 0.25) is 19.7 Å². The number of carbonyl (C=O) groups excluding carboxylic acids is 2. The molecule has 0 unspecified atom stereocenters. The second-order valence-corrected chi connectivity index (χ2v) is 14.3. The molecule has 0 fully saturated rings. The third kappa shape index (κ3) is 5.33. The van der Waals surface area contributed by atoms with Crippen molar-refractivity contribution in [1.82, 2.24) is 0 Å². The highest BCUT2D eigenvalue weighted by Gasteiger charge is 2.37. The van der Waals surface area contributed by atoms with Gasteiger partial charge in [-0.1, -0.05) is 12.1 Å². The standard InChI is InChI=1S/C32H19N3O11S2/c36-23-17-28-30(19-1-9-24(10-2-19)47(43,44)26-13-5-21(6-14-26)34(39)40)29(18-23)32(38)33(31(28)37)20-3-11-25(12-4-20)48(45,46)27-15-7-22(8-16-27)35(41)42/h1-18,36H. The minimum atomic E-state index is -4.10. The number of nitro benzene ring substituents is 2. The van der Waals surface area contributed by atoms with Crippen LogP contribution in [0.5, 0.6) is 5.75 Å². The first-order valence-corrected chi connectivity index (χ1v) is 16.6. The Balaban J connectivity index is 1.31. The molecular weight excluding hydrogens is 666 g/mol. The summed E-state index contributed by atoms with van der Waals surface area (Å²) in [6.45, 7) is 0. The average molecular weight is 686 g/mol. The molecule has 16 heteroatoms. The van der Waals surface area contributed by atoms with Crippen LogP contribution in [0.1, 0.15) is 20.7 Å². The summed E-state index contributed by atoms with van der Waals surface area (Å²) in [6.07, 6.45) is 0. The van der Waals surface area contributed by atoms with Crippen molar-refractivity contribution >= 4 is 48.6 Å². The molecule has 0 spiro atoms. The summed E-state index contributed by atoms with van der Waals surface area (Å²) in [4.78, 5) is 48.0. The maximum Gasteiger partial charge on any atom is 0.269 e. The molecule has 1 heterocycles. The number of rotatable bonds is 8. The van der Waals surface area contributed by atoms with Crippen LogP contribution in [-0.2, 0) is 19.7 Å². The van der Waals surface area contributed by atoms with Gasteiger partial charge in [-0.3, -0.25) is 29.8 Å². The van der Waals surface area contributed by atoms with Gasteiger partial charge in [-0.25, -0.2) is 21.7 Å². The molecule has 0 radical (unpaired) electrons. The Morgan fingerprint density at radius 2 is 0.875 bits per heavy atom. The topological polar surface area (TPSA) is 212 Å². The zero-order valence-electron chi connectivity index (χ0n) is 24.1. The zero-order chi connectivity index (χ0) is 34.5.